The number of rotatable bonds is 4. The van der Waals surface area contributed by atoms with E-state index >= 15 is 0 Å². The molecule has 0 heterocycles. The quantitative estimate of drug-likeness (QED) is 0.329. The molecule has 1 aromatic rings. The molecule has 0 unspecified atom stereocenters. The Labute approximate surface area is 83.0 Å². The number of nitrogens with zero attached hydrogens (tertiary/aromatic N) is 1. The van der Waals surface area contributed by atoms with Crippen molar-refractivity contribution in [3.05, 3.63) is 29.8 Å². The van der Waals surface area contributed by atoms with Crippen LogP contribution in [0.1, 0.15) is 12.5 Å². The van der Waals surface area contributed by atoms with Gasteiger partial charge in [0.1, 0.15) is 11.6 Å². The monoisotopic (exact) mass is 194 g/mol. The van der Waals surface area contributed by atoms with Crippen LogP contribution < -0.4 is 10.5 Å². The summed E-state index contributed by atoms with van der Waals surface area (Å²) >= 11 is 0. The fourth-order valence-electron chi connectivity index (χ4n) is 1.16. The van der Waals surface area contributed by atoms with Crippen molar-refractivity contribution in [2.24, 2.45) is 10.9 Å². The Morgan fingerprint density at radius 2 is 2.36 bits per heavy atom. The van der Waals surface area contributed by atoms with Gasteiger partial charge in [-0.3, -0.25) is 0 Å². The lowest BCUT2D eigenvalue weighted by atomic mass is 10.1. The molecule has 1 rings (SSSR count). The first-order valence-corrected chi connectivity index (χ1v) is 4.44. The van der Waals surface area contributed by atoms with E-state index in [-0.39, 0.29) is 5.84 Å². The minimum atomic E-state index is 0.193. The second-order valence-electron chi connectivity index (χ2n) is 2.85. The van der Waals surface area contributed by atoms with Crippen LogP contribution in [0, 0.1) is 0 Å². The molecule has 14 heavy (non-hydrogen) atoms. The third-order valence-electron chi connectivity index (χ3n) is 1.72. The number of oxime groups is 1. The normalized spacial score (nSPS) is 11.4. The van der Waals surface area contributed by atoms with Crippen molar-refractivity contribution in [2.45, 2.75) is 13.3 Å². The highest BCUT2D eigenvalue weighted by molar-refractivity contribution is 5.82. The first-order valence-electron chi connectivity index (χ1n) is 4.44. The van der Waals surface area contributed by atoms with E-state index in [0.29, 0.717) is 13.0 Å². The summed E-state index contributed by atoms with van der Waals surface area (Å²) in [6.45, 7) is 2.56. The topological polar surface area (TPSA) is 67.8 Å². The number of hydrogen-bond acceptors (Lipinski definition) is 3. The summed E-state index contributed by atoms with van der Waals surface area (Å²) in [5.41, 5.74) is 6.35. The van der Waals surface area contributed by atoms with Gasteiger partial charge in [0.2, 0.25) is 0 Å². The molecule has 0 aliphatic heterocycles. The molecular weight excluding hydrogens is 180 g/mol. The lowest BCUT2D eigenvalue weighted by molar-refractivity contribution is 0.317. The number of amidine groups is 1. The maximum Gasteiger partial charge on any atom is 0.143 e. The SMILES string of the molecule is CCOc1cccc(C/C(N)=N/O)c1. The van der Waals surface area contributed by atoms with E-state index in [2.05, 4.69) is 5.16 Å². The van der Waals surface area contributed by atoms with Crippen molar-refractivity contribution in [1.82, 2.24) is 0 Å². The van der Waals surface area contributed by atoms with Gasteiger partial charge in [0.15, 0.2) is 0 Å². The zero-order chi connectivity index (χ0) is 10.4. The third kappa shape index (κ3) is 2.97. The maximum absolute atomic E-state index is 8.40. The van der Waals surface area contributed by atoms with Crippen LogP contribution in [-0.2, 0) is 6.42 Å². The molecule has 0 atom stereocenters. The van der Waals surface area contributed by atoms with Crippen molar-refractivity contribution in [3.8, 4) is 5.75 Å². The van der Waals surface area contributed by atoms with E-state index in [1.807, 2.05) is 31.2 Å². The minimum absolute atomic E-state index is 0.193. The van der Waals surface area contributed by atoms with E-state index < -0.39 is 0 Å². The van der Waals surface area contributed by atoms with Crippen molar-refractivity contribution < 1.29 is 9.94 Å². The van der Waals surface area contributed by atoms with Crippen LogP contribution in [0.3, 0.4) is 0 Å². The Balaban J connectivity index is 2.73. The summed E-state index contributed by atoms with van der Waals surface area (Å²) in [6.07, 6.45) is 0.428. The average Bonchev–Trinajstić information content (AvgIpc) is 2.19. The summed E-state index contributed by atoms with van der Waals surface area (Å²) in [5, 5.41) is 11.3. The third-order valence-corrected chi connectivity index (χ3v) is 1.72. The molecule has 3 N–H and O–H groups in total. The van der Waals surface area contributed by atoms with Gasteiger partial charge in [0, 0.05) is 6.42 Å². The van der Waals surface area contributed by atoms with Crippen LogP contribution >= 0.6 is 0 Å². The zero-order valence-electron chi connectivity index (χ0n) is 8.10. The Morgan fingerprint density at radius 3 is 3.00 bits per heavy atom. The van der Waals surface area contributed by atoms with E-state index in [1.165, 1.54) is 0 Å². The molecule has 0 fully saturated rings. The standard InChI is InChI=1S/C10H14N2O2/c1-2-14-9-5-3-4-8(6-9)7-10(11)12-13/h3-6,13H,2,7H2,1H3,(H2,11,12). The highest BCUT2D eigenvalue weighted by Crippen LogP contribution is 2.13. The summed E-state index contributed by atoms with van der Waals surface area (Å²) in [4.78, 5) is 0. The molecule has 4 heteroatoms. The highest BCUT2D eigenvalue weighted by Gasteiger charge is 1.99. The van der Waals surface area contributed by atoms with Gasteiger partial charge in [-0.25, -0.2) is 0 Å². The smallest absolute Gasteiger partial charge is 0.143 e. The lowest BCUT2D eigenvalue weighted by Gasteiger charge is -2.04. The van der Waals surface area contributed by atoms with Crippen molar-refractivity contribution in [3.63, 3.8) is 0 Å². The van der Waals surface area contributed by atoms with E-state index in [1.54, 1.807) is 0 Å². The Hall–Kier alpha value is -1.71. The second kappa shape index (κ2) is 5.11. The molecule has 0 aromatic heterocycles. The maximum atomic E-state index is 8.40. The predicted molar refractivity (Wildman–Crippen MR) is 54.7 cm³/mol. The van der Waals surface area contributed by atoms with Gasteiger partial charge < -0.3 is 15.7 Å². The van der Waals surface area contributed by atoms with Crippen LogP contribution in [0.4, 0.5) is 0 Å². The molecule has 1 aromatic carbocycles. The summed E-state index contributed by atoms with van der Waals surface area (Å²) in [5.74, 6) is 0.995. The van der Waals surface area contributed by atoms with Crippen molar-refractivity contribution in [1.29, 1.82) is 0 Å². The molecule has 4 nitrogen and oxygen atoms in total. The van der Waals surface area contributed by atoms with Crippen LogP contribution in [0.15, 0.2) is 29.4 Å². The number of benzene rings is 1. The molecule has 0 aliphatic carbocycles. The Bertz CT molecular complexity index is 324. The van der Waals surface area contributed by atoms with Crippen LogP contribution in [0.5, 0.6) is 5.75 Å². The summed E-state index contributed by atoms with van der Waals surface area (Å²) in [7, 11) is 0. The van der Waals surface area contributed by atoms with Gasteiger partial charge in [-0.15, -0.1) is 0 Å². The average molecular weight is 194 g/mol. The van der Waals surface area contributed by atoms with Crippen LogP contribution in [0.2, 0.25) is 0 Å². The van der Waals surface area contributed by atoms with E-state index in [9.17, 15) is 0 Å². The van der Waals surface area contributed by atoms with Gasteiger partial charge in [0.25, 0.3) is 0 Å². The van der Waals surface area contributed by atoms with E-state index in [0.717, 1.165) is 11.3 Å². The first-order chi connectivity index (χ1) is 6.76. The predicted octanol–water partition coefficient (Wildman–Crippen LogP) is 1.37. The zero-order valence-corrected chi connectivity index (χ0v) is 8.10. The van der Waals surface area contributed by atoms with Gasteiger partial charge in [-0.05, 0) is 24.6 Å². The van der Waals surface area contributed by atoms with Gasteiger partial charge >= 0.3 is 0 Å². The molecule has 0 bridgehead atoms. The van der Waals surface area contributed by atoms with Crippen LogP contribution in [0.25, 0.3) is 0 Å². The lowest BCUT2D eigenvalue weighted by Crippen LogP contribution is -2.14. The highest BCUT2D eigenvalue weighted by atomic mass is 16.5. The fraction of sp³-hybridized carbons (Fsp3) is 0.300. The summed E-state index contributed by atoms with van der Waals surface area (Å²) in [6, 6.07) is 7.53. The van der Waals surface area contributed by atoms with Crippen LogP contribution in [-0.4, -0.2) is 17.6 Å². The molecule has 76 valence electrons. The van der Waals surface area contributed by atoms with Gasteiger partial charge in [0.05, 0.1) is 6.61 Å². The van der Waals surface area contributed by atoms with Crippen molar-refractivity contribution >= 4 is 5.84 Å². The van der Waals surface area contributed by atoms with Gasteiger partial charge in [-0.2, -0.15) is 0 Å². The molecular formula is C10H14N2O2. The first kappa shape index (κ1) is 10.4. The molecule has 0 amide bonds. The molecule has 0 spiro atoms. The van der Waals surface area contributed by atoms with E-state index in [4.69, 9.17) is 15.7 Å². The van der Waals surface area contributed by atoms with Crippen molar-refractivity contribution in [2.75, 3.05) is 6.61 Å². The molecule has 0 aliphatic rings. The minimum Gasteiger partial charge on any atom is -0.494 e. The number of nitrogens with two attached hydrogens (primary N) is 1. The fourth-order valence-corrected chi connectivity index (χ4v) is 1.16. The second-order valence-corrected chi connectivity index (χ2v) is 2.85. The Morgan fingerprint density at radius 1 is 1.57 bits per heavy atom. The molecule has 0 radical (unpaired) electrons. The van der Waals surface area contributed by atoms with Gasteiger partial charge in [-0.1, -0.05) is 17.3 Å². The molecule has 0 saturated carbocycles. The summed E-state index contributed by atoms with van der Waals surface area (Å²) < 4.78 is 5.32. The molecule has 0 saturated heterocycles. The number of ether oxygens (including phenoxy) is 1. The largest absolute Gasteiger partial charge is 0.494 e. The Kier molecular flexibility index (Phi) is 3.79. The number of hydrogen-bond donors (Lipinski definition) is 2.